The first-order chi connectivity index (χ1) is 14.1. The van der Waals surface area contributed by atoms with E-state index in [1.54, 1.807) is 0 Å². The topological polar surface area (TPSA) is 46.9 Å². The Balaban J connectivity index is 1.61. The molecule has 144 valence electrons. The van der Waals surface area contributed by atoms with Crippen LogP contribution in [0.5, 0.6) is 0 Å². The van der Waals surface area contributed by atoms with Crippen LogP contribution in [0.25, 0.3) is 16.5 Å². The van der Waals surface area contributed by atoms with Crippen LogP contribution in [0, 0.1) is 13.8 Å². The van der Waals surface area contributed by atoms with Crippen LogP contribution in [0.15, 0.2) is 60.7 Å². The maximum atomic E-state index is 13.3. The van der Waals surface area contributed by atoms with Crippen molar-refractivity contribution in [2.24, 2.45) is 0 Å². The van der Waals surface area contributed by atoms with E-state index in [-0.39, 0.29) is 5.91 Å². The van der Waals surface area contributed by atoms with Gasteiger partial charge in [-0.05, 0) is 47.9 Å². The van der Waals surface area contributed by atoms with Gasteiger partial charge in [0.15, 0.2) is 0 Å². The van der Waals surface area contributed by atoms with E-state index in [4.69, 9.17) is 5.10 Å². The SMILES string of the molecule is Cc1cccc(-n2nc3c(c2NC(=O)c2cccc4ccccc24)CSC3)c1C. The zero-order valence-electron chi connectivity index (χ0n) is 16.4. The normalized spacial score (nSPS) is 12.9. The lowest BCUT2D eigenvalue weighted by Crippen LogP contribution is -2.17. The number of benzene rings is 3. The molecule has 0 atom stereocenters. The fraction of sp³-hybridized carbons (Fsp3) is 0.167. The molecule has 1 aliphatic rings. The van der Waals surface area contributed by atoms with Gasteiger partial charge in [0.1, 0.15) is 5.82 Å². The molecule has 0 fully saturated rings. The summed E-state index contributed by atoms with van der Waals surface area (Å²) in [6, 6.07) is 20.0. The molecule has 1 aliphatic heterocycles. The van der Waals surface area contributed by atoms with E-state index in [1.807, 2.05) is 65.0 Å². The number of carbonyl (C=O) groups excluding carboxylic acids is 1. The molecule has 0 saturated carbocycles. The lowest BCUT2D eigenvalue weighted by atomic mass is 10.0. The second-order valence-electron chi connectivity index (χ2n) is 7.38. The molecule has 0 unspecified atom stereocenters. The number of hydrogen-bond donors (Lipinski definition) is 1. The molecule has 0 radical (unpaired) electrons. The third kappa shape index (κ3) is 3.02. The second kappa shape index (κ2) is 7.08. The summed E-state index contributed by atoms with van der Waals surface area (Å²) >= 11 is 1.83. The van der Waals surface area contributed by atoms with Crippen molar-refractivity contribution in [1.82, 2.24) is 9.78 Å². The maximum absolute atomic E-state index is 13.3. The second-order valence-corrected chi connectivity index (χ2v) is 8.36. The molecule has 2 heterocycles. The van der Waals surface area contributed by atoms with E-state index < -0.39 is 0 Å². The molecule has 3 aromatic carbocycles. The van der Waals surface area contributed by atoms with Crippen LogP contribution in [-0.4, -0.2) is 15.7 Å². The van der Waals surface area contributed by atoms with Gasteiger partial charge >= 0.3 is 0 Å². The quantitative estimate of drug-likeness (QED) is 0.485. The zero-order chi connectivity index (χ0) is 20.0. The Kier molecular flexibility index (Phi) is 4.40. The highest BCUT2D eigenvalue weighted by atomic mass is 32.2. The van der Waals surface area contributed by atoms with Crippen LogP contribution in [0.1, 0.15) is 32.7 Å². The Hall–Kier alpha value is -3.05. The van der Waals surface area contributed by atoms with Crippen molar-refractivity contribution in [2.45, 2.75) is 25.4 Å². The van der Waals surface area contributed by atoms with Gasteiger partial charge in [0.05, 0.1) is 11.4 Å². The molecular formula is C24H21N3OS. The van der Waals surface area contributed by atoms with Crippen molar-refractivity contribution >= 4 is 34.3 Å². The summed E-state index contributed by atoms with van der Waals surface area (Å²) in [4.78, 5) is 13.3. The standard InChI is InChI=1S/C24H21N3OS/c1-15-7-5-12-22(16(15)2)27-23(20-13-29-14-21(20)26-27)25-24(28)19-11-6-9-17-8-3-4-10-18(17)19/h3-12H,13-14H2,1-2H3,(H,25,28). The molecule has 0 saturated heterocycles. The molecule has 1 aromatic heterocycles. The molecule has 0 bridgehead atoms. The number of hydrogen-bond acceptors (Lipinski definition) is 3. The third-order valence-corrected chi connectivity index (χ3v) is 6.59. The fourth-order valence-corrected chi connectivity index (χ4v) is 4.91. The minimum absolute atomic E-state index is 0.104. The van der Waals surface area contributed by atoms with E-state index in [0.717, 1.165) is 45.0 Å². The monoisotopic (exact) mass is 399 g/mol. The molecule has 1 amide bonds. The number of amides is 1. The van der Waals surface area contributed by atoms with Crippen LogP contribution < -0.4 is 5.32 Å². The maximum Gasteiger partial charge on any atom is 0.257 e. The first kappa shape index (κ1) is 18.0. The van der Waals surface area contributed by atoms with Crippen LogP contribution in [0.2, 0.25) is 0 Å². The predicted molar refractivity (Wildman–Crippen MR) is 120 cm³/mol. The molecule has 4 nitrogen and oxygen atoms in total. The molecule has 5 rings (SSSR count). The van der Waals surface area contributed by atoms with Crippen LogP contribution in [0.3, 0.4) is 0 Å². The first-order valence-electron chi connectivity index (χ1n) is 9.67. The van der Waals surface area contributed by atoms with Gasteiger partial charge in [0.2, 0.25) is 0 Å². The highest BCUT2D eigenvalue weighted by molar-refractivity contribution is 7.98. The van der Waals surface area contributed by atoms with Crippen molar-refractivity contribution in [2.75, 3.05) is 5.32 Å². The number of anilines is 1. The van der Waals surface area contributed by atoms with Gasteiger partial charge < -0.3 is 5.32 Å². The number of carbonyl (C=O) groups is 1. The average Bonchev–Trinajstić information content (AvgIpc) is 3.32. The van der Waals surface area contributed by atoms with E-state index >= 15 is 0 Å². The first-order valence-corrected chi connectivity index (χ1v) is 10.8. The Labute approximate surface area is 173 Å². The summed E-state index contributed by atoms with van der Waals surface area (Å²) in [5, 5.41) is 10.1. The summed E-state index contributed by atoms with van der Waals surface area (Å²) in [6.45, 7) is 4.20. The molecule has 0 aliphatic carbocycles. The summed E-state index contributed by atoms with van der Waals surface area (Å²) in [5.41, 5.74) is 6.25. The number of nitrogens with zero attached hydrogens (tertiary/aromatic N) is 2. The molecular weight excluding hydrogens is 378 g/mol. The lowest BCUT2D eigenvalue weighted by Gasteiger charge is -2.15. The fourth-order valence-electron chi connectivity index (χ4n) is 3.88. The van der Waals surface area contributed by atoms with E-state index in [2.05, 4.69) is 31.3 Å². The average molecular weight is 400 g/mol. The minimum Gasteiger partial charge on any atom is -0.306 e. The Morgan fingerprint density at radius 2 is 1.79 bits per heavy atom. The Morgan fingerprint density at radius 1 is 1.00 bits per heavy atom. The lowest BCUT2D eigenvalue weighted by molar-refractivity contribution is 0.102. The molecule has 29 heavy (non-hydrogen) atoms. The Morgan fingerprint density at radius 3 is 2.69 bits per heavy atom. The van der Waals surface area contributed by atoms with Gasteiger partial charge in [-0.2, -0.15) is 16.9 Å². The van der Waals surface area contributed by atoms with Crippen molar-refractivity contribution < 1.29 is 4.79 Å². The van der Waals surface area contributed by atoms with Gasteiger partial charge in [-0.3, -0.25) is 4.79 Å². The minimum atomic E-state index is -0.104. The summed E-state index contributed by atoms with van der Waals surface area (Å²) in [6.07, 6.45) is 0. The van der Waals surface area contributed by atoms with Crippen molar-refractivity contribution in [1.29, 1.82) is 0 Å². The smallest absolute Gasteiger partial charge is 0.257 e. The molecule has 5 heteroatoms. The number of thioether (sulfide) groups is 1. The van der Waals surface area contributed by atoms with Crippen molar-refractivity contribution in [3.8, 4) is 5.69 Å². The Bertz CT molecular complexity index is 1250. The number of fused-ring (bicyclic) bond motifs is 2. The summed E-state index contributed by atoms with van der Waals surface area (Å²) in [7, 11) is 0. The number of nitrogens with one attached hydrogen (secondary N) is 1. The summed E-state index contributed by atoms with van der Waals surface area (Å²) in [5.74, 6) is 2.43. The summed E-state index contributed by atoms with van der Waals surface area (Å²) < 4.78 is 1.91. The third-order valence-electron chi connectivity index (χ3n) is 5.62. The van der Waals surface area contributed by atoms with Gasteiger partial charge in [0, 0.05) is 22.6 Å². The largest absolute Gasteiger partial charge is 0.306 e. The van der Waals surface area contributed by atoms with Gasteiger partial charge in [-0.1, -0.05) is 48.5 Å². The van der Waals surface area contributed by atoms with E-state index in [0.29, 0.717) is 5.56 Å². The highest BCUT2D eigenvalue weighted by Gasteiger charge is 2.26. The molecule has 1 N–H and O–H groups in total. The van der Waals surface area contributed by atoms with E-state index in [1.165, 1.54) is 11.1 Å². The molecule has 0 spiro atoms. The predicted octanol–water partition coefficient (Wildman–Crippen LogP) is 5.64. The van der Waals surface area contributed by atoms with Gasteiger partial charge in [-0.15, -0.1) is 0 Å². The number of aromatic nitrogens is 2. The highest BCUT2D eigenvalue weighted by Crippen LogP contribution is 2.37. The zero-order valence-corrected chi connectivity index (χ0v) is 17.2. The van der Waals surface area contributed by atoms with Gasteiger partial charge in [0.25, 0.3) is 5.91 Å². The number of rotatable bonds is 3. The number of aryl methyl sites for hydroxylation is 1. The van der Waals surface area contributed by atoms with E-state index in [9.17, 15) is 4.79 Å². The van der Waals surface area contributed by atoms with Crippen LogP contribution in [0.4, 0.5) is 5.82 Å². The van der Waals surface area contributed by atoms with Crippen molar-refractivity contribution in [3.05, 3.63) is 88.6 Å². The van der Waals surface area contributed by atoms with Gasteiger partial charge in [-0.25, -0.2) is 4.68 Å². The van der Waals surface area contributed by atoms with Crippen LogP contribution >= 0.6 is 11.8 Å². The molecule has 4 aromatic rings. The van der Waals surface area contributed by atoms with Crippen molar-refractivity contribution in [3.63, 3.8) is 0 Å². The van der Waals surface area contributed by atoms with Crippen LogP contribution in [-0.2, 0) is 11.5 Å².